The molecule has 2 aromatic heterocycles. The average Bonchev–Trinajstić information content (AvgIpc) is 3.53. The number of aromatic nitrogens is 2. The Kier molecular flexibility index (Phi) is 9.91. The molecule has 0 saturated carbocycles. The predicted molar refractivity (Wildman–Crippen MR) is 194 cm³/mol. The maximum atomic E-state index is 13.5. The molecule has 50 heavy (non-hydrogen) atoms. The number of likely N-dealkylation sites (N-methyl/N-ethyl adjacent to an activating group) is 1. The number of hydrogen-bond acceptors (Lipinski definition) is 7. The lowest BCUT2D eigenvalue weighted by Crippen LogP contribution is -2.40. The number of aromatic hydroxyl groups is 1. The fraction of sp³-hybridized carbons (Fsp3) is 0.275. The quantitative estimate of drug-likeness (QED) is 0.133. The average molecular weight is 671 g/mol. The summed E-state index contributed by atoms with van der Waals surface area (Å²) in [6.07, 6.45) is 3.26. The normalized spacial score (nSPS) is 16.0. The van der Waals surface area contributed by atoms with Crippen molar-refractivity contribution in [2.24, 2.45) is 0 Å². The highest BCUT2D eigenvalue weighted by Gasteiger charge is 2.32. The highest BCUT2D eigenvalue weighted by atomic mass is 16.5. The first kappa shape index (κ1) is 33.1. The zero-order valence-corrected chi connectivity index (χ0v) is 28.1. The zero-order valence-electron chi connectivity index (χ0n) is 28.1. The van der Waals surface area contributed by atoms with Gasteiger partial charge in [-0.1, -0.05) is 60.7 Å². The first-order chi connectivity index (χ1) is 24.5. The summed E-state index contributed by atoms with van der Waals surface area (Å²) in [4.78, 5) is 39.5. The van der Waals surface area contributed by atoms with Gasteiger partial charge >= 0.3 is 0 Å². The molecule has 0 aliphatic carbocycles. The van der Waals surface area contributed by atoms with Gasteiger partial charge in [0.2, 0.25) is 0 Å². The maximum Gasteiger partial charge on any atom is 0.257 e. The first-order valence-electron chi connectivity index (χ1n) is 17.2. The Hall–Kier alpha value is -5.45. The molecule has 256 valence electrons. The minimum Gasteiger partial charge on any atom is -0.507 e. The van der Waals surface area contributed by atoms with Crippen LogP contribution in [0.5, 0.6) is 5.75 Å². The number of anilines is 2. The fourth-order valence-electron chi connectivity index (χ4n) is 7.00. The van der Waals surface area contributed by atoms with Crippen molar-refractivity contribution in [3.05, 3.63) is 131 Å². The number of carbonyl (C=O) groups is 2. The highest BCUT2D eigenvalue weighted by Crippen LogP contribution is 2.40. The molecule has 0 radical (unpaired) electrons. The second-order valence-corrected chi connectivity index (χ2v) is 12.9. The van der Waals surface area contributed by atoms with Gasteiger partial charge in [-0.3, -0.25) is 19.5 Å². The number of para-hydroxylation sites is 2. The largest absolute Gasteiger partial charge is 0.507 e. The monoisotopic (exact) mass is 670 g/mol. The molecular weight excluding hydrogens is 628 g/mol. The summed E-state index contributed by atoms with van der Waals surface area (Å²) in [5.74, 6) is -0.426. The number of carbonyl (C=O) groups excluding carboxylic acids is 2. The van der Waals surface area contributed by atoms with Gasteiger partial charge in [-0.25, -0.2) is 0 Å². The fourth-order valence-corrected chi connectivity index (χ4v) is 7.00. The molecule has 0 bridgehead atoms. The Morgan fingerprint density at radius 3 is 2.44 bits per heavy atom. The summed E-state index contributed by atoms with van der Waals surface area (Å²) < 4.78 is 5.75. The standard InChI is InChI=1S/C40H42N6O4/c1-45-19-17-32-36(40(45)49)38(43-30-12-6-3-7-13-30)37(44-32)28-16-18-41-33(24-28)34(46-20-22-50-23-21-46)25-29(27-10-4-2-5-11-27)26-42-39(48)31-14-8-9-15-35(31)47/h2-16,18,24,29,34,43-44,47H,17,19-23,25-26H2,1H3,(H,42,48). The van der Waals surface area contributed by atoms with E-state index in [1.54, 1.807) is 23.1 Å². The van der Waals surface area contributed by atoms with Gasteiger partial charge in [0.25, 0.3) is 11.8 Å². The third-order valence-electron chi connectivity index (χ3n) is 9.71. The highest BCUT2D eigenvalue weighted by molar-refractivity contribution is 6.06. The Labute approximate surface area is 292 Å². The number of aromatic amines is 1. The van der Waals surface area contributed by atoms with Gasteiger partial charge in [0.05, 0.1) is 47.5 Å². The topological polar surface area (TPSA) is 123 Å². The summed E-state index contributed by atoms with van der Waals surface area (Å²) in [6.45, 7) is 3.78. The Morgan fingerprint density at radius 2 is 1.68 bits per heavy atom. The summed E-state index contributed by atoms with van der Waals surface area (Å²) in [5.41, 5.74) is 7.29. The molecule has 10 heteroatoms. The number of morpholine rings is 1. The van der Waals surface area contributed by atoms with Crippen LogP contribution in [-0.2, 0) is 11.2 Å². The zero-order chi connectivity index (χ0) is 34.5. The lowest BCUT2D eigenvalue weighted by molar-refractivity contribution is 0.0118. The first-order valence-corrected chi connectivity index (χ1v) is 17.2. The number of rotatable bonds is 11. The van der Waals surface area contributed by atoms with E-state index in [4.69, 9.17) is 9.72 Å². The molecule has 10 nitrogen and oxygen atoms in total. The van der Waals surface area contributed by atoms with E-state index in [9.17, 15) is 14.7 Å². The minimum atomic E-state index is -0.318. The van der Waals surface area contributed by atoms with Gasteiger partial charge in [-0.2, -0.15) is 0 Å². The second-order valence-electron chi connectivity index (χ2n) is 12.9. The van der Waals surface area contributed by atoms with Gasteiger partial charge in [-0.15, -0.1) is 0 Å². The van der Waals surface area contributed by atoms with Crippen LogP contribution in [0.25, 0.3) is 11.3 Å². The van der Waals surface area contributed by atoms with Crippen LogP contribution in [0.4, 0.5) is 11.4 Å². The van der Waals surface area contributed by atoms with Crippen molar-refractivity contribution < 1.29 is 19.4 Å². The van der Waals surface area contributed by atoms with E-state index >= 15 is 0 Å². The van der Waals surface area contributed by atoms with Crippen LogP contribution >= 0.6 is 0 Å². The number of fused-ring (bicyclic) bond motifs is 1. The molecule has 2 atom stereocenters. The van der Waals surface area contributed by atoms with E-state index in [0.717, 1.165) is 59.1 Å². The summed E-state index contributed by atoms with van der Waals surface area (Å²) in [7, 11) is 1.84. The van der Waals surface area contributed by atoms with E-state index in [2.05, 4.69) is 38.7 Å². The van der Waals surface area contributed by atoms with Crippen molar-refractivity contribution in [2.45, 2.75) is 24.8 Å². The molecule has 4 N–H and O–H groups in total. The number of nitrogens with zero attached hydrogens (tertiary/aromatic N) is 3. The molecule has 2 unspecified atom stereocenters. The number of benzene rings is 3. The Bertz CT molecular complexity index is 1940. The number of nitrogens with one attached hydrogen (secondary N) is 3. The predicted octanol–water partition coefficient (Wildman–Crippen LogP) is 6.13. The van der Waals surface area contributed by atoms with Gasteiger partial charge in [0.1, 0.15) is 5.75 Å². The molecule has 2 aliphatic rings. The molecule has 7 rings (SSSR count). The molecule has 2 aliphatic heterocycles. The van der Waals surface area contributed by atoms with Gasteiger partial charge in [0.15, 0.2) is 0 Å². The van der Waals surface area contributed by atoms with Crippen LogP contribution in [0.2, 0.25) is 0 Å². The molecular formula is C40H42N6O4. The van der Waals surface area contributed by atoms with Crippen molar-refractivity contribution in [2.75, 3.05) is 51.8 Å². The van der Waals surface area contributed by atoms with E-state index in [1.807, 2.05) is 67.8 Å². The molecule has 3 aromatic carbocycles. The van der Waals surface area contributed by atoms with E-state index in [-0.39, 0.29) is 35.1 Å². The van der Waals surface area contributed by atoms with Crippen molar-refractivity contribution >= 4 is 23.2 Å². The lowest BCUT2D eigenvalue weighted by atomic mass is 9.89. The van der Waals surface area contributed by atoms with Crippen LogP contribution < -0.4 is 10.6 Å². The van der Waals surface area contributed by atoms with Crippen LogP contribution in [0.15, 0.2) is 103 Å². The summed E-state index contributed by atoms with van der Waals surface area (Å²) >= 11 is 0. The summed E-state index contributed by atoms with van der Waals surface area (Å²) in [5, 5.41) is 17.0. The SMILES string of the molecule is CN1CCc2[nH]c(-c3ccnc(C(CC(CNC(=O)c4ccccc4O)c4ccccc4)N4CCOCC4)c3)c(Nc3ccccc3)c2C1=O. The number of hydrogen-bond donors (Lipinski definition) is 4. The number of phenolic OH excluding ortho intramolecular Hbond substituents is 1. The third kappa shape index (κ3) is 7.12. The molecule has 0 spiro atoms. The van der Waals surface area contributed by atoms with Crippen molar-refractivity contribution in [3.8, 4) is 17.0 Å². The van der Waals surface area contributed by atoms with Crippen LogP contribution in [-0.4, -0.2) is 83.1 Å². The smallest absolute Gasteiger partial charge is 0.257 e. The molecule has 1 saturated heterocycles. The van der Waals surface area contributed by atoms with Crippen molar-refractivity contribution in [1.29, 1.82) is 0 Å². The lowest BCUT2D eigenvalue weighted by Gasteiger charge is -2.36. The van der Waals surface area contributed by atoms with E-state index < -0.39 is 0 Å². The number of pyridine rings is 1. The van der Waals surface area contributed by atoms with Crippen molar-refractivity contribution in [3.63, 3.8) is 0 Å². The summed E-state index contributed by atoms with van der Waals surface area (Å²) in [6, 6.07) is 30.7. The van der Waals surface area contributed by atoms with Gasteiger partial charge < -0.3 is 30.4 Å². The third-order valence-corrected chi connectivity index (χ3v) is 9.71. The minimum absolute atomic E-state index is 0.00998. The van der Waals surface area contributed by atoms with Crippen LogP contribution in [0.3, 0.4) is 0 Å². The van der Waals surface area contributed by atoms with Gasteiger partial charge in [0, 0.05) is 68.7 Å². The van der Waals surface area contributed by atoms with Crippen LogP contribution in [0.1, 0.15) is 56.0 Å². The van der Waals surface area contributed by atoms with Crippen LogP contribution in [0, 0.1) is 0 Å². The van der Waals surface area contributed by atoms with Gasteiger partial charge in [-0.05, 0) is 48.4 Å². The number of phenols is 1. The number of amides is 2. The Balaban J connectivity index is 1.24. The Morgan fingerprint density at radius 1 is 0.960 bits per heavy atom. The molecule has 4 heterocycles. The number of ether oxygens (including phenoxy) is 1. The molecule has 5 aromatic rings. The van der Waals surface area contributed by atoms with E-state index in [1.165, 1.54) is 6.07 Å². The number of H-pyrrole nitrogens is 1. The van der Waals surface area contributed by atoms with E-state index in [0.29, 0.717) is 38.3 Å². The molecule has 1 fully saturated rings. The second kappa shape index (κ2) is 15.0. The van der Waals surface area contributed by atoms with Crippen molar-refractivity contribution in [1.82, 2.24) is 25.1 Å². The maximum absolute atomic E-state index is 13.5. The molecule has 2 amide bonds.